The lowest BCUT2D eigenvalue weighted by Crippen LogP contribution is -2.25. The standard InChI is InChI=1S/C26H35N3OS/c1-19-23(26(30)27-15-13-21-9-5-3-6-10-21)17-25(24-18-31-20(2)28-24)29(19)16-14-22-11-7-4-8-12-22/h9,11,17-18H,3-8,10,12-16H2,1-2H3,(H,27,30). The van der Waals surface area contributed by atoms with Gasteiger partial charge in [-0.15, -0.1) is 11.3 Å². The van der Waals surface area contributed by atoms with Gasteiger partial charge in [0, 0.05) is 24.2 Å². The predicted molar refractivity (Wildman–Crippen MR) is 130 cm³/mol. The van der Waals surface area contributed by atoms with Gasteiger partial charge in [-0.2, -0.15) is 0 Å². The first-order valence-corrected chi connectivity index (χ1v) is 12.8. The molecule has 0 radical (unpaired) electrons. The van der Waals surface area contributed by atoms with Crippen LogP contribution >= 0.6 is 11.3 Å². The van der Waals surface area contributed by atoms with E-state index in [-0.39, 0.29) is 5.91 Å². The summed E-state index contributed by atoms with van der Waals surface area (Å²) in [5, 5.41) is 6.33. The summed E-state index contributed by atoms with van der Waals surface area (Å²) in [6.07, 6.45) is 16.8. The van der Waals surface area contributed by atoms with Crippen LogP contribution in [-0.4, -0.2) is 22.0 Å². The van der Waals surface area contributed by atoms with Crippen LogP contribution in [0.1, 0.15) is 85.3 Å². The topological polar surface area (TPSA) is 46.9 Å². The third kappa shape index (κ3) is 5.57. The molecular formula is C26H35N3OS. The van der Waals surface area contributed by atoms with Crippen LogP contribution in [0.4, 0.5) is 0 Å². The number of thiazole rings is 1. The Morgan fingerprint density at radius 1 is 1.06 bits per heavy atom. The molecule has 166 valence electrons. The van der Waals surface area contributed by atoms with E-state index in [0.717, 1.165) is 47.0 Å². The number of hydrogen-bond donors (Lipinski definition) is 1. The highest BCUT2D eigenvalue weighted by Gasteiger charge is 2.20. The molecule has 4 nitrogen and oxygen atoms in total. The summed E-state index contributed by atoms with van der Waals surface area (Å²) in [4.78, 5) is 17.8. The largest absolute Gasteiger partial charge is 0.352 e. The molecule has 0 unspecified atom stereocenters. The number of carbonyl (C=O) groups is 1. The smallest absolute Gasteiger partial charge is 0.253 e. The molecule has 0 atom stereocenters. The number of nitrogens with one attached hydrogen (secondary N) is 1. The van der Waals surface area contributed by atoms with Crippen LogP contribution < -0.4 is 5.32 Å². The van der Waals surface area contributed by atoms with E-state index in [1.54, 1.807) is 16.9 Å². The maximum absolute atomic E-state index is 13.0. The molecule has 0 fully saturated rings. The molecule has 1 amide bonds. The van der Waals surface area contributed by atoms with Crippen molar-refractivity contribution < 1.29 is 4.79 Å². The second-order valence-electron chi connectivity index (χ2n) is 8.90. The lowest BCUT2D eigenvalue weighted by molar-refractivity contribution is 0.0953. The Balaban J connectivity index is 1.50. The minimum atomic E-state index is 0.0396. The van der Waals surface area contributed by atoms with Gasteiger partial charge in [0.15, 0.2) is 0 Å². The second kappa shape index (κ2) is 10.4. The van der Waals surface area contributed by atoms with Gasteiger partial charge in [-0.1, -0.05) is 23.3 Å². The molecule has 0 bridgehead atoms. The Morgan fingerprint density at radius 3 is 2.39 bits per heavy atom. The number of nitrogens with zero attached hydrogens (tertiary/aromatic N) is 2. The van der Waals surface area contributed by atoms with Gasteiger partial charge in [0.05, 0.1) is 22.0 Å². The number of aromatic nitrogens is 2. The van der Waals surface area contributed by atoms with Crippen molar-refractivity contribution in [3.63, 3.8) is 0 Å². The number of carbonyl (C=O) groups excluding carboxylic acids is 1. The van der Waals surface area contributed by atoms with E-state index in [4.69, 9.17) is 4.98 Å². The molecule has 2 aromatic rings. The fourth-order valence-corrected chi connectivity index (χ4v) is 5.41. The number of allylic oxidation sites excluding steroid dienone is 3. The van der Waals surface area contributed by atoms with Gasteiger partial charge in [0.25, 0.3) is 5.91 Å². The van der Waals surface area contributed by atoms with Gasteiger partial charge in [0.2, 0.25) is 0 Å². The van der Waals surface area contributed by atoms with Crippen molar-refractivity contribution in [1.29, 1.82) is 0 Å². The maximum atomic E-state index is 13.0. The highest BCUT2D eigenvalue weighted by molar-refractivity contribution is 7.09. The highest BCUT2D eigenvalue weighted by atomic mass is 32.1. The van der Waals surface area contributed by atoms with Crippen molar-refractivity contribution in [2.45, 2.75) is 84.6 Å². The summed E-state index contributed by atoms with van der Waals surface area (Å²) >= 11 is 1.66. The fourth-order valence-electron chi connectivity index (χ4n) is 4.81. The minimum Gasteiger partial charge on any atom is -0.352 e. The molecular weight excluding hydrogens is 402 g/mol. The molecule has 1 N–H and O–H groups in total. The monoisotopic (exact) mass is 437 g/mol. The molecule has 2 aliphatic carbocycles. The van der Waals surface area contributed by atoms with Crippen molar-refractivity contribution >= 4 is 17.2 Å². The Hall–Kier alpha value is -2.14. The van der Waals surface area contributed by atoms with Gasteiger partial charge < -0.3 is 9.88 Å². The Morgan fingerprint density at radius 2 is 1.77 bits per heavy atom. The van der Waals surface area contributed by atoms with Gasteiger partial charge in [0.1, 0.15) is 0 Å². The second-order valence-corrected chi connectivity index (χ2v) is 9.97. The molecule has 2 aromatic heterocycles. The van der Waals surface area contributed by atoms with E-state index < -0.39 is 0 Å². The van der Waals surface area contributed by atoms with Crippen LogP contribution in [0.25, 0.3) is 11.4 Å². The van der Waals surface area contributed by atoms with Gasteiger partial charge in [-0.25, -0.2) is 4.98 Å². The molecule has 2 aliphatic rings. The lowest BCUT2D eigenvalue weighted by atomic mass is 9.97. The van der Waals surface area contributed by atoms with E-state index in [2.05, 4.69) is 34.3 Å². The van der Waals surface area contributed by atoms with Gasteiger partial charge in [-0.3, -0.25) is 4.79 Å². The van der Waals surface area contributed by atoms with Crippen LogP contribution in [0, 0.1) is 13.8 Å². The SMILES string of the molecule is Cc1nc(-c2cc(C(=O)NCCC3=CCCCC3)c(C)n2CCC2=CCCCC2)cs1. The highest BCUT2D eigenvalue weighted by Crippen LogP contribution is 2.29. The molecule has 31 heavy (non-hydrogen) atoms. The van der Waals surface area contributed by atoms with E-state index in [1.807, 2.05) is 13.0 Å². The molecule has 2 heterocycles. The first kappa shape index (κ1) is 22.1. The van der Waals surface area contributed by atoms with Crippen molar-refractivity contribution in [3.05, 3.63) is 51.0 Å². The molecule has 4 rings (SSSR count). The van der Waals surface area contributed by atoms with Crippen molar-refractivity contribution in [1.82, 2.24) is 14.9 Å². The Kier molecular flexibility index (Phi) is 7.44. The van der Waals surface area contributed by atoms with E-state index >= 15 is 0 Å². The minimum absolute atomic E-state index is 0.0396. The molecule has 5 heteroatoms. The molecule has 0 aliphatic heterocycles. The van der Waals surface area contributed by atoms with Crippen LogP contribution in [0.2, 0.25) is 0 Å². The van der Waals surface area contributed by atoms with Crippen LogP contribution in [-0.2, 0) is 6.54 Å². The summed E-state index contributed by atoms with van der Waals surface area (Å²) in [5.41, 5.74) is 6.95. The van der Waals surface area contributed by atoms with Crippen LogP contribution in [0.3, 0.4) is 0 Å². The zero-order chi connectivity index (χ0) is 21.6. The summed E-state index contributed by atoms with van der Waals surface area (Å²) in [7, 11) is 0. The molecule has 0 aromatic carbocycles. The number of rotatable bonds is 8. The zero-order valence-electron chi connectivity index (χ0n) is 19.0. The van der Waals surface area contributed by atoms with Crippen LogP contribution in [0.5, 0.6) is 0 Å². The number of amides is 1. The van der Waals surface area contributed by atoms with E-state index in [0.29, 0.717) is 6.54 Å². The average molecular weight is 438 g/mol. The summed E-state index contributed by atoms with van der Waals surface area (Å²) in [6.45, 7) is 5.74. The molecule has 0 saturated heterocycles. The van der Waals surface area contributed by atoms with Crippen LogP contribution in [0.15, 0.2) is 34.7 Å². The van der Waals surface area contributed by atoms with E-state index in [9.17, 15) is 4.79 Å². The number of aryl methyl sites for hydroxylation is 1. The quantitative estimate of drug-likeness (QED) is 0.465. The summed E-state index contributed by atoms with van der Waals surface area (Å²) < 4.78 is 2.31. The maximum Gasteiger partial charge on any atom is 0.253 e. The fraction of sp³-hybridized carbons (Fsp3) is 0.538. The van der Waals surface area contributed by atoms with Gasteiger partial charge in [-0.05, 0) is 84.1 Å². The predicted octanol–water partition coefficient (Wildman–Crippen LogP) is 6.74. The van der Waals surface area contributed by atoms with Crippen molar-refractivity contribution in [2.75, 3.05) is 6.54 Å². The lowest BCUT2D eigenvalue weighted by Gasteiger charge is -2.16. The zero-order valence-corrected chi connectivity index (χ0v) is 19.8. The van der Waals surface area contributed by atoms with Crippen molar-refractivity contribution in [2.24, 2.45) is 0 Å². The number of hydrogen-bond acceptors (Lipinski definition) is 3. The first-order chi connectivity index (χ1) is 15.1. The summed E-state index contributed by atoms with van der Waals surface area (Å²) in [6, 6.07) is 2.05. The summed E-state index contributed by atoms with van der Waals surface area (Å²) in [5.74, 6) is 0.0396. The third-order valence-corrected chi connectivity index (χ3v) is 7.42. The van der Waals surface area contributed by atoms with Gasteiger partial charge >= 0.3 is 0 Å². The first-order valence-electron chi connectivity index (χ1n) is 11.9. The van der Waals surface area contributed by atoms with Crippen molar-refractivity contribution in [3.8, 4) is 11.4 Å². The molecule has 0 spiro atoms. The normalized spacial score (nSPS) is 16.7. The third-order valence-electron chi connectivity index (χ3n) is 6.65. The Bertz CT molecular complexity index is 979. The average Bonchev–Trinajstić information content (AvgIpc) is 3.36. The Labute approximate surface area is 190 Å². The van der Waals surface area contributed by atoms with E-state index in [1.165, 1.54) is 56.9 Å². The molecule has 0 saturated carbocycles.